The lowest BCUT2D eigenvalue weighted by Crippen LogP contribution is -2.37. The van der Waals surface area contributed by atoms with Crippen molar-refractivity contribution in [3.8, 4) is 0 Å². The topological polar surface area (TPSA) is 111 Å². The first-order chi connectivity index (χ1) is 14.3. The second kappa shape index (κ2) is 9.36. The Morgan fingerprint density at radius 2 is 1.90 bits per heavy atom. The number of nitro groups is 1. The monoisotopic (exact) mass is 413 g/mol. The molecular weight excluding hydrogens is 390 g/mol. The van der Waals surface area contributed by atoms with E-state index in [1.54, 1.807) is 0 Å². The van der Waals surface area contributed by atoms with Crippen molar-refractivity contribution < 1.29 is 24.0 Å². The van der Waals surface area contributed by atoms with Crippen molar-refractivity contribution in [2.45, 2.75) is 13.8 Å². The second-order valence-corrected chi connectivity index (χ2v) is 7.00. The molecular formula is C21H23N3O6. The molecule has 1 N–H and O–H groups in total. The van der Waals surface area contributed by atoms with E-state index in [2.05, 4.69) is 5.32 Å². The van der Waals surface area contributed by atoms with Gasteiger partial charge in [0, 0.05) is 30.9 Å². The number of hydrogen-bond acceptors (Lipinski definition) is 7. The number of hydrogen-bond donors (Lipinski definition) is 1. The highest BCUT2D eigenvalue weighted by Gasteiger charge is 2.23. The number of benzene rings is 2. The van der Waals surface area contributed by atoms with Gasteiger partial charge in [0.25, 0.3) is 11.6 Å². The first-order valence-corrected chi connectivity index (χ1v) is 9.50. The number of nitrogens with one attached hydrogen (secondary N) is 1. The maximum atomic E-state index is 12.7. The van der Waals surface area contributed by atoms with Crippen molar-refractivity contribution in [3.05, 3.63) is 63.2 Å². The zero-order chi connectivity index (χ0) is 21.7. The van der Waals surface area contributed by atoms with Crippen LogP contribution < -0.4 is 10.2 Å². The number of amides is 1. The second-order valence-electron chi connectivity index (χ2n) is 7.00. The Labute approximate surface area is 173 Å². The van der Waals surface area contributed by atoms with Crippen molar-refractivity contribution in [3.63, 3.8) is 0 Å². The molecule has 1 amide bonds. The molecule has 30 heavy (non-hydrogen) atoms. The number of carbonyl (C=O) groups is 2. The first kappa shape index (κ1) is 21.3. The Bertz CT molecular complexity index is 969. The van der Waals surface area contributed by atoms with Gasteiger partial charge in [0.05, 0.1) is 29.4 Å². The van der Waals surface area contributed by atoms with Crippen LogP contribution in [0.2, 0.25) is 0 Å². The molecule has 1 fully saturated rings. The van der Waals surface area contributed by atoms with Crippen LogP contribution in [-0.2, 0) is 14.3 Å². The van der Waals surface area contributed by atoms with Gasteiger partial charge in [0.1, 0.15) is 0 Å². The molecule has 9 nitrogen and oxygen atoms in total. The molecule has 0 aromatic heterocycles. The van der Waals surface area contributed by atoms with E-state index in [4.69, 9.17) is 9.47 Å². The van der Waals surface area contributed by atoms with E-state index < -0.39 is 23.4 Å². The maximum absolute atomic E-state index is 12.7. The van der Waals surface area contributed by atoms with Crippen molar-refractivity contribution in [1.82, 2.24) is 0 Å². The zero-order valence-electron chi connectivity index (χ0n) is 16.8. The Morgan fingerprint density at radius 1 is 1.17 bits per heavy atom. The van der Waals surface area contributed by atoms with Gasteiger partial charge in [-0.25, -0.2) is 4.79 Å². The van der Waals surface area contributed by atoms with E-state index in [-0.39, 0.29) is 11.3 Å². The third kappa shape index (κ3) is 5.12. The molecule has 0 unspecified atom stereocenters. The molecule has 0 atom stereocenters. The van der Waals surface area contributed by atoms with Crippen LogP contribution in [0.5, 0.6) is 0 Å². The molecule has 0 bridgehead atoms. The summed E-state index contributed by atoms with van der Waals surface area (Å²) in [6, 6.07) is 9.68. The van der Waals surface area contributed by atoms with E-state index >= 15 is 0 Å². The van der Waals surface area contributed by atoms with Crippen LogP contribution in [0.1, 0.15) is 21.5 Å². The summed E-state index contributed by atoms with van der Waals surface area (Å²) in [6.07, 6.45) is 0. The summed E-state index contributed by atoms with van der Waals surface area (Å²) >= 11 is 0. The number of esters is 1. The molecule has 0 spiro atoms. The van der Waals surface area contributed by atoms with Gasteiger partial charge >= 0.3 is 5.97 Å². The minimum Gasteiger partial charge on any atom is -0.452 e. The largest absolute Gasteiger partial charge is 0.452 e. The number of rotatable bonds is 6. The molecule has 1 aliphatic rings. The highest BCUT2D eigenvalue weighted by molar-refractivity contribution is 5.99. The third-order valence-corrected chi connectivity index (χ3v) is 4.76. The highest BCUT2D eigenvalue weighted by Crippen LogP contribution is 2.27. The molecule has 2 aromatic rings. The maximum Gasteiger partial charge on any atom is 0.341 e. The van der Waals surface area contributed by atoms with Gasteiger partial charge in [0.2, 0.25) is 0 Å². The molecule has 1 aliphatic heterocycles. The average molecular weight is 413 g/mol. The molecule has 1 saturated heterocycles. The van der Waals surface area contributed by atoms with Gasteiger partial charge in [-0.3, -0.25) is 14.9 Å². The smallest absolute Gasteiger partial charge is 0.341 e. The zero-order valence-corrected chi connectivity index (χ0v) is 16.8. The van der Waals surface area contributed by atoms with Gasteiger partial charge in [-0.05, 0) is 37.1 Å². The summed E-state index contributed by atoms with van der Waals surface area (Å²) in [7, 11) is 0. The number of nitrogens with zero attached hydrogens (tertiary/aromatic N) is 2. The first-order valence-electron chi connectivity index (χ1n) is 9.50. The normalized spacial score (nSPS) is 13.6. The lowest BCUT2D eigenvalue weighted by molar-refractivity contribution is -0.384. The lowest BCUT2D eigenvalue weighted by Gasteiger charge is -2.30. The van der Waals surface area contributed by atoms with Crippen LogP contribution in [0.25, 0.3) is 0 Å². The summed E-state index contributed by atoms with van der Waals surface area (Å²) in [5, 5.41) is 13.9. The minimum absolute atomic E-state index is 0.0469. The van der Waals surface area contributed by atoms with E-state index in [1.165, 1.54) is 18.2 Å². The van der Waals surface area contributed by atoms with Crippen molar-refractivity contribution in [2.75, 3.05) is 43.1 Å². The molecule has 0 saturated carbocycles. The molecule has 0 radical (unpaired) electrons. The SMILES string of the molecule is Cc1ccc(C)c(NC(=O)COC(=O)c2cc([N+](=O)[O-])ccc2N2CCOCC2)c1. The number of aryl methyl sites for hydroxylation is 2. The number of morpholine rings is 1. The number of non-ortho nitro benzene ring substituents is 1. The fraction of sp³-hybridized carbons (Fsp3) is 0.333. The standard InChI is InChI=1S/C21H23N3O6/c1-14-3-4-15(2)18(11-14)22-20(25)13-30-21(26)17-12-16(24(27)28)5-6-19(17)23-7-9-29-10-8-23/h3-6,11-12H,7-10,13H2,1-2H3,(H,22,25). The van der Waals surface area contributed by atoms with Crippen LogP contribution in [-0.4, -0.2) is 49.7 Å². The van der Waals surface area contributed by atoms with Crippen LogP contribution >= 0.6 is 0 Å². The quantitative estimate of drug-likeness (QED) is 0.440. The van der Waals surface area contributed by atoms with E-state index in [0.29, 0.717) is 37.7 Å². The molecule has 9 heteroatoms. The Balaban J connectivity index is 1.73. The molecule has 2 aromatic carbocycles. The van der Waals surface area contributed by atoms with Gasteiger partial charge in [-0.2, -0.15) is 0 Å². The average Bonchev–Trinajstić information content (AvgIpc) is 2.74. The number of anilines is 2. The summed E-state index contributed by atoms with van der Waals surface area (Å²) in [4.78, 5) is 37.4. The van der Waals surface area contributed by atoms with Gasteiger partial charge in [-0.15, -0.1) is 0 Å². The Hall–Kier alpha value is -3.46. The molecule has 1 heterocycles. The van der Waals surface area contributed by atoms with Gasteiger partial charge in [0.15, 0.2) is 6.61 Å². The highest BCUT2D eigenvalue weighted by atomic mass is 16.6. The lowest BCUT2D eigenvalue weighted by atomic mass is 10.1. The predicted octanol–water partition coefficient (Wildman–Crippen LogP) is 2.84. The number of nitro benzene ring substituents is 1. The minimum atomic E-state index is -0.795. The number of ether oxygens (including phenoxy) is 2. The van der Waals surface area contributed by atoms with Gasteiger partial charge in [-0.1, -0.05) is 12.1 Å². The fourth-order valence-electron chi connectivity index (χ4n) is 3.15. The van der Waals surface area contributed by atoms with Crippen molar-refractivity contribution in [1.29, 1.82) is 0 Å². The van der Waals surface area contributed by atoms with Crippen LogP contribution in [0.3, 0.4) is 0 Å². The fourth-order valence-corrected chi connectivity index (χ4v) is 3.15. The Kier molecular flexibility index (Phi) is 6.63. The summed E-state index contributed by atoms with van der Waals surface area (Å²) in [5.41, 5.74) is 2.85. The predicted molar refractivity (Wildman–Crippen MR) is 111 cm³/mol. The summed E-state index contributed by atoms with van der Waals surface area (Å²) in [6.45, 7) is 5.34. The Morgan fingerprint density at radius 3 is 2.60 bits per heavy atom. The number of carbonyl (C=O) groups excluding carboxylic acids is 2. The van der Waals surface area contributed by atoms with Crippen LogP contribution in [0.4, 0.5) is 17.1 Å². The van der Waals surface area contributed by atoms with Gasteiger partial charge < -0.3 is 19.7 Å². The molecule has 3 rings (SSSR count). The summed E-state index contributed by atoms with van der Waals surface area (Å²) < 4.78 is 10.5. The van der Waals surface area contributed by atoms with E-state index in [1.807, 2.05) is 36.9 Å². The molecule has 0 aliphatic carbocycles. The van der Waals surface area contributed by atoms with Crippen molar-refractivity contribution >= 4 is 28.9 Å². The van der Waals surface area contributed by atoms with E-state index in [9.17, 15) is 19.7 Å². The van der Waals surface area contributed by atoms with E-state index in [0.717, 1.165) is 11.1 Å². The summed E-state index contributed by atoms with van der Waals surface area (Å²) in [5.74, 6) is -1.29. The molecule has 158 valence electrons. The van der Waals surface area contributed by atoms with Crippen LogP contribution in [0.15, 0.2) is 36.4 Å². The third-order valence-electron chi connectivity index (χ3n) is 4.76. The van der Waals surface area contributed by atoms with Crippen molar-refractivity contribution in [2.24, 2.45) is 0 Å². The van der Waals surface area contributed by atoms with Crippen LogP contribution in [0, 0.1) is 24.0 Å².